The molecule has 0 saturated carbocycles. The van der Waals surface area contributed by atoms with Gasteiger partial charge in [-0.05, 0) is 12.1 Å². The molecule has 8 heteroatoms. The van der Waals surface area contributed by atoms with E-state index in [1.165, 1.54) is 12.1 Å². The lowest BCUT2D eigenvalue weighted by Gasteiger charge is -2.07. The van der Waals surface area contributed by atoms with Gasteiger partial charge in [-0.2, -0.15) is 5.26 Å². The van der Waals surface area contributed by atoms with Crippen molar-refractivity contribution in [1.82, 2.24) is 4.72 Å². The molecule has 1 rings (SSSR count). The summed E-state index contributed by atoms with van der Waals surface area (Å²) in [6, 6.07) is 5.52. The summed E-state index contributed by atoms with van der Waals surface area (Å²) in [6.45, 7) is -0.249. The van der Waals surface area contributed by atoms with Gasteiger partial charge >= 0.3 is 5.97 Å². The molecule has 0 bridgehead atoms. The molecule has 6 nitrogen and oxygen atoms in total. The first-order chi connectivity index (χ1) is 9.38. The fraction of sp³-hybridized carbons (Fsp3) is 0.333. The molecule has 0 atom stereocenters. The van der Waals surface area contributed by atoms with Gasteiger partial charge in [0.05, 0.1) is 30.9 Å². The molecule has 108 valence electrons. The summed E-state index contributed by atoms with van der Waals surface area (Å²) in [6.07, 6.45) is -0.276. The average molecular weight is 300 g/mol. The number of methoxy groups -OCH3 is 1. The van der Waals surface area contributed by atoms with E-state index in [4.69, 9.17) is 5.26 Å². The zero-order valence-electron chi connectivity index (χ0n) is 10.7. The largest absolute Gasteiger partial charge is 0.469 e. The van der Waals surface area contributed by atoms with Crippen molar-refractivity contribution in [1.29, 1.82) is 5.26 Å². The van der Waals surface area contributed by atoms with Crippen LogP contribution in [-0.2, 0) is 26.1 Å². The number of carbonyl (C=O) groups is 1. The number of benzene rings is 1. The third kappa shape index (κ3) is 4.95. The van der Waals surface area contributed by atoms with E-state index >= 15 is 0 Å². The summed E-state index contributed by atoms with van der Waals surface area (Å²) in [4.78, 5) is 10.9. The Morgan fingerprint density at radius 1 is 1.50 bits per heavy atom. The first-order valence-corrected chi connectivity index (χ1v) is 7.26. The zero-order chi connectivity index (χ0) is 15.2. The number of esters is 1. The fourth-order valence-electron chi connectivity index (χ4n) is 1.34. The highest BCUT2D eigenvalue weighted by Gasteiger charge is 2.14. The molecule has 1 aromatic carbocycles. The number of carbonyl (C=O) groups excluding carboxylic acids is 1. The van der Waals surface area contributed by atoms with Gasteiger partial charge in [0, 0.05) is 12.1 Å². The van der Waals surface area contributed by atoms with Crippen LogP contribution < -0.4 is 4.72 Å². The van der Waals surface area contributed by atoms with E-state index in [0.717, 1.165) is 13.2 Å². The van der Waals surface area contributed by atoms with E-state index in [2.05, 4.69) is 9.46 Å². The van der Waals surface area contributed by atoms with E-state index < -0.39 is 27.6 Å². The van der Waals surface area contributed by atoms with Crippen LogP contribution in [0.4, 0.5) is 4.39 Å². The van der Waals surface area contributed by atoms with Crippen molar-refractivity contribution in [2.45, 2.75) is 13.0 Å². The van der Waals surface area contributed by atoms with E-state index in [-0.39, 0.29) is 24.1 Å². The van der Waals surface area contributed by atoms with E-state index in [0.29, 0.717) is 0 Å². The van der Waals surface area contributed by atoms with Crippen LogP contribution in [0.15, 0.2) is 18.2 Å². The third-order valence-corrected chi connectivity index (χ3v) is 3.79. The predicted octanol–water partition coefficient (Wildman–Crippen LogP) is 0.680. The molecule has 0 fully saturated rings. The summed E-state index contributed by atoms with van der Waals surface area (Å²) in [5.41, 5.74) is 0.269. The van der Waals surface area contributed by atoms with Crippen molar-refractivity contribution in [3.05, 3.63) is 35.1 Å². The van der Waals surface area contributed by atoms with Crippen molar-refractivity contribution in [2.24, 2.45) is 0 Å². The first-order valence-electron chi connectivity index (χ1n) is 5.60. The van der Waals surface area contributed by atoms with Crippen LogP contribution in [-0.4, -0.2) is 27.2 Å². The van der Waals surface area contributed by atoms with E-state index in [9.17, 15) is 17.6 Å². The van der Waals surface area contributed by atoms with Gasteiger partial charge < -0.3 is 4.74 Å². The molecule has 1 N–H and O–H groups in total. The summed E-state index contributed by atoms with van der Waals surface area (Å²) < 4.78 is 43.2. The predicted molar refractivity (Wildman–Crippen MR) is 68.4 cm³/mol. The van der Waals surface area contributed by atoms with Crippen molar-refractivity contribution in [3.63, 3.8) is 0 Å². The molecule has 0 heterocycles. The number of nitriles is 1. The molecule has 0 aliphatic carbocycles. The van der Waals surface area contributed by atoms with Gasteiger partial charge in [0.25, 0.3) is 0 Å². The lowest BCUT2D eigenvalue weighted by Crippen LogP contribution is -2.27. The van der Waals surface area contributed by atoms with Crippen LogP contribution >= 0.6 is 0 Å². The monoisotopic (exact) mass is 300 g/mol. The number of rotatable bonds is 6. The van der Waals surface area contributed by atoms with E-state index in [1.807, 2.05) is 0 Å². The highest BCUT2D eigenvalue weighted by molar-refractivity contribution is 7.89. The first kappa shape index (κ1) is 16.1. The summed E-state index contributed by atoms with van der Waals surface area (Å²) in [5, 5.41) is 8.59. The van der Waals surface area contributed by atoms with Crippen molar-refractivity contribution in [3.8, 4) is 6.07 Å². The smallest absolute Gasteiger partial charge is 0.306 e. The molecule has 0 aliphatic heterocycles. The Kier molecular flexibility index (Phi) is 5.61. The Labute approximate surface area is 116 Å². The standard InChI is InChI=1S/C12H13FN2O4S/c1-19-12(16)4-5-20(17,18)15-8-10-3-2-9(7-14)6-11(10)13/h2-3,6,15H,4-5,8H2,1H3. The maximum Gasteiger partial charge on any atom is 0.306 e. The van der Waals surface area contributed by atoms with Crippen molar-refractivity contribution >= 4 is 16.0 Å². The second-order valence-electron chi connectivity index (χ2n) is 3.88. The number of nitrogens with one attached hydrogen (secondary N) is 1. The van der Waals surface area contributed by atoms with Crippen LogP contribution in [0.1, 0.15) is 17.5 Å². The number of sulfonamides is 1. The molecule has 0 radical (unpaired) electrons. The normalized spacial score (nSPS) is 10.8. The van der Waals surface area contributed by atoms with E-state index in [1.54, 1.807) is 6.07 Å². The fourth-order valence-corrected chi connectivity index (χ4v) is 2.30. The highest BCUT2D eigenvalue weighted by atomic mass is 32.2. The van der Waals surface area contributed by atoms with Gasteiger partial charge in [-0.25, -0.2) is 17.5 Å². The second-order valence-corrected chi connectivity index (χ2v) is 5.81. The molecule has 0 aliphatic rings. The van der Waals surface area contributed by atoms with Gasteiger partial charge in [-0.15, -0.1) is 0 Å². The Morgan fingerprint density at radius 2 is 2.20 bits per heavy atom. The minimum absolute atomic E-state index is 0.116. The van der Waals surface area contributed by atoms with Crippen LogP contribution in [0, 0.1) is 17.1 Å². The summed E-state index contributed by atoms with van der Waals surface area (Å²) in [5.74, 6) is -1.74. The molecule has 0 aromatic heterocycles. The van der Waals surface area contributed by atoms with Crippen LogP contribution in [0.3, 0.4) is 0 Å². The molecule has 20 heavy (non-hydrogen) atoms. The quantitative estimate of drug-likeness (QED) is 0.779. The molecule has 0 saturated heterocycles. The third-order valence-electron chi connectivity index (χ3n) is 2.47. The van der Waals surface area contributed by atoms with Gasteiger partial charge in [0.1, 0.15) is 5.82 Å². The lowest BCUT2D eigenvalue weighted by molar-refractivity contribution is -0.140. The van der Waals surface area contributed by atoms with Gasteiger partial charge in [-0.1, -0.05) is 6.07 Å². The van der Waals surface area contributed by atoms with Crippen LogP contribution in [0.5, 0.6) is 0 Å². The molecule has 0 amide bonds. The number of ether oxygens (including phenoxy) is 1. The lowest BCUT2D eigenvalue weighted by atomic mass is 10.1. The minimum Gasteiger partial charge on any atom is -0.469 e. The molecular formula is C12H13FN2O4S. The Bertz CT molecular complexity index is 637. The van der Waals surface area contributed by atoms with Gasteiger partial charge in [0.2, 0.25) is 10.0 Å². The number of nitrogens with zero attached hydrogens (tertiary/aromatic N) is 1. The minimum atomic E-state index is -3.70. The van der Waals surface area contributed by atoms with Crippen LogP contribution in [0.25, 0.3) is 0 Å². The van der Waals surface area contributed by atoms with Crippen LogP contribution in [0.2, 0.25) is 0 Å². The molecule has 0 unspecified atom stereocenters. The summed E-state index contributed by atoms with van der Waals surface area (Å²) >= 11 is 0. The Balaban J connectivity index is 2.63. The number of hydrogen-bond donors (Lipinski definition) is 1. The van der Waals surface area contributed by atoms with Crippen molar-refractivity contribution < 1.29 is 22.3 Å². The molecule has 1 aromatic rings. The average Bonchev–Trinajstić information content (AvgIpc) is 2.43. The number of halogens is 1. The van der Waals surface area contributed by atoms with Crippen molar-refractivity contribution in [2.75, 3.05) is 12.9 Å². The number of hydrogen-bond acceptors (Lipinski definition) is 5. The molecule has 0 spiro atoms. The van der Waals surface area contributed by atoms with Gasteiger partial charge in [-0.3, -0.25) is 4.79 Å². The molecular weight excluding hydrogens is 287 g/mol. The second kappa shape index (κ2) is 6.98. The topological polar surface area (TPSA) is 96.3 Å². The van der Waals surface area contributed by atoms with Gasteiger partial charge in [0.15, 0.2) is 0 Å². The zero-order valence-corrected chi connectivity index (χ0v) is 11.5. The maximum absolute atomic E-state index is 13.5. The maximum atomic E-state index is 13.5. The SMILES string of the molecule is COC(=O)CCS(=O)(=O)NCc1ccc(C#N)cc1F. The Morgan fingerprint density at radius 3 is 2.75 bits per heavy atom. The highest BCUT2D eigenvalue weighted by Crippen LogP contribution is 2.10. The Hall–Kier alpha value is -1.98. The summed E-state index contributed by atoms with van der Waals surface area (Å²) in [7, 11) is -2.54.